The molecule has 0 aliphatic heterocycles. The molecule has 2 N–H and O–H groups in total. The van der Waals surface area contributed by atoms with Gasteiger partial charge in [0.05, 0.1) is 12.6 Å². The summed E-state index contributed by atoms with van der Waals surface area (Å²) in [5.74, 6) is 1.76. The van der Waals surface area contributed by atoms with Crippen molar-refractivity contribution >= 4 is 16.7 Å². The molecule has 152 valence electrons. The molecule has 0 unspecified atom stereocenters. The first-order valence-electron chi connectivity index (χ1n) is 10.1. The number of nitrogens with one attached hydrogen (secondary N) is 1. The molecule has 0 radical (unpaired) electrons. The third kappa shape index (κ3) is 3.92. The first-order chi connectivity index (χ1) is 14.6. The normalized spacial score (nSPS) is 12.0. The average Bonchev–Trinajstić information content (AvgIpc) is 2.75. The summed E-state index contributed by atoms with van der Waals surface area (Å²) in [4.78, 5) is 8.97. The number of phenolic OH excluding ortho intramolecular Hbond substituents is 1. The van der Waals surface area contributed by atoms with Crippen LogP contribution in [0.15, 0.2) is 66.9 Å². The van der Waals surface area contributed by atoms with E-state index >= 15 is 0 Å². The second-order valence-corrected chi connectivity index (χ2v) is 7.28. The van der Waals surface area contributed by atoms with E-state index in [2.05, 4.69) is 21.4 Å². The van der Waals surface area contributed by atoms with E-state index < -0.39 is 0 Å². The molecule has 2 aromatic carbocycles. The Labute approximate surface area is 176 Å². The van der Waals surface area contributed by atoms with Crippen molar-refractivity contribution in [2.75, 3.05) is 11.9 Å². The fraction of sp³-hybridized carbons (Fsp3) is 0.200. The summed E-state index contributed by atoms with van der Waals surface area (Å²) in [7, 11) is 0. The highest BCUT2D eigenvalue weighted by atomic mass is 16.5. The van der Waals surface area contributed by atoms with Crippen molar-refractivity contribution in [2.24, 2.45) is 0 Å². The minimum absolute atomic E-state index is 0.177. The Morgan fingerprint density at radius 1 is 1.03 bits per heavy atom. The van der Waals surface area contributed by atoms with Crippen LogP contribution in [0.4, 0.5) is 5.82 Å². The second-order valence-electron chi connectivity index (χ2n) is 7.28. The van der Waals surface area contributed by atoms with Crippen LogP contribution in [0.5, 0.6) is 11.5 Å². The van der Waals surface area contributed by atoms with Gasteiger partial charge in [-0.15, -0.1) is 0 Å². The standard InChI is InChI=1S/C25H25N3O2/c1-4-30-21-13-11-19(15-16(21)2)23(28-22-7-5-6-14-26-22)20-12-10-18-9-8-17(3)27-24(18)25(20)29/h5-15,23,29H,4H2,1-3H3,(H,26,28)/t23-/m1/s1. The van der Waals surface area contributed by atoms with Crippen LogP contribution in [-0.2, 0) is 0 Å². The van der Waals surface area contributed by atoms with Gasteiger partial charge in [0, 0.05) is 22.8 Å². The van der Waals surface area contributed by atoms with Gasteiger partial charge < -0.3 is 15.2 Å². The van der Waals surface area contributed by atoms with Crippen molar-refractivity contribution in [1.82, 2.24) is 9.97 Å². The first-order valence-corrected chi connectivity index (χ1v) is 10.1. The predicted molar refractivity (Wildman–Crippen MR) is 120 cm³/mol. The molecular weight excluding hydrogens is 374 g/mol. The lowest BCUT2D eigenvalue weighted by molar-refractivity contribution is 0.338. The van der Waals surface area contributed by atoms with Crippen molar-refractivity contribution < 1.29 is 9.84 Å². The lowest BCUT2D eigenvalue weighted by atomic mass is 9.94. The van der Waals surface area contributed by atoms with Gasteiger partial charge in [0.2, 0.25) is 0 Å². The van der Waals surface area contributed by atoms with Crippen LogP contribution in [0.2, 0.25) is 0 Å². The van der Waals surface area contributed by atoms with E-state index in [0.717, 1.165) is 39.3 Å². The van der Waals surface area contributed by atoms with Gasteiger partial charge >= 0.3 is 0 Å². The maximum atomic E-state index is 11.1. The summed E-state index contributed by atoms with van der Waals surface area (Å²) in [6.45, 7) is 6.54. The van der Waals surface area contributed by atoms with Gasteiger partial charge in [-0.1, -0.05) is 30.3 Å². The molecule has 4 rings (SSSR count). The van der Waals surface area contributed by atoms with Gasteiger partial charge in [0.25, 0.3) is 0 Å². The number of rotatable bonds is 6. The fourth-order valence-electron chi connectivity index (χ4n) is 3.63. The molecule has 0 amide bonds. The Morgan fingerprint density at radius 3 is 2.60 bits per heavy atom. The van der Waals surface area contributed by atoms with E-state index in [-0.39, 0.29) is 11.8 Å². The number of nitrogens with zero attached hydrogens (tertiary/aromatic N) is 2. The van der Waals surface area contributed by atoms with Crippen molar-refractivity contribution in [1.29, 1.82) is 0 Å². The Kier molecular flexibility index (Phi) is 5.53. The van der Waals surface area contributed by atoms with Gasteiger partial charge in [-0.25, -0.2) is 9.97 Å². The molecule has 1 atom stereocenters. The number of aryl methyl sites for hydroxylation is 2. The Hall–Kier alpha value is -3.60. The summed E-state index contributed by atoms with van der Waals surface area (Å²) in [5.41, 5.74) is 4.25. The molecule has 5 nitrogen and oxygen atoms in total. The Morgan fingerprint density at radius 2 is 1.87 bits per heavy atom. The summed E-state index contributed by atoms with van der Waals surface area (Å²) in [6.07, 6.45) is 1.74. The number of aromatic nitrogens is 2. The molecule has 2 aromatic heterocycles. The molecule has 0 fully saturated rings. The molecule has 0 spiro atoms. The number of ether oxygens (including phenoxy) is 1. The van der Waals surface area contributed by atoms with Gasteiger partial charge in [-0.05, 0) is 62.2 Å². The van der Waals surface area contributed by atoms with Crippen LogP contribution in [0.3, 0.4) is 0 Å². The topological polar surface area (TPSA) is 67.3 Å². The van der Waals surface area contributed by atoms with E-state index in [1.54, 1.807) is 6.20 Å². The Balaban J connectivity index is 1.84. The van der Waals surface area contributed by atoms with Crippen LogP contribution in [0.25, 0.3) is 10.9 Å². The number of hydrogen-bond acceptors (Lipinski definition) is 5. The van der Waals surface area contributed by atoms with Gasteiger partial charge in [-0.3, -0.25) is 0 Å². The van der Waals surface area contributed by atoms with Crippen LogP contribution < -0.4 is 10.1 Å². The maximum absolute atomic E-state index is 11.1. The van der Waals surface area contributed by atoms with Gasteiger partial charge in [-0.2, -0.15) is 0 Å². The van der Waals surface area contributed by atoms with Crippen molar-refractivity contribution in [3.63, 3.8) is 0 Å². The van der Waals surface area contributed by atoms with Crippen LogP contribution in [-0.4, -0.2) is 21.7 Å². The predicted octanol–water partition coefficient (Wildman–Crippen LogP) is 5.55. The largest absolute Gasteiger partial charge is 0.505 e. The zero-order valence-electron chi connectivity index (χ0n) is 17.4. The molecule has 30 heavy (non-hydrogen) atoms. The number of phenols is 1. The minimum atomic E-state index is -0.305. The molecule has 0 saturated heterocycles. The average molecular weight is 399 g/mol. The van der Waals surface area contributed by atoms with Gasteiger partial charge in [0.15, 0.2) is 0 Å². The summed E-state index contributed by atoms with van der Waals surface area (Å²) in [5, 5.41) is 15.5. The lowest BCUT2D eigenvalue weighted by Crippen LogP contribution is -2.14. The molecule has 0 bridgehead atoms. The number of pyridine rings is 2. The maximum Gasteiger partial charge on any atom is 0.147 e. The van der Waals surface area contributed by atoms with E-state index in [9.17, 15) is 5.11 Å². The summed E-state index contributed by atoms with van der Waals surface area (Å²) >= 11 is 0. The molecule has 0 aliphatic carbocycles. The van der Waals surface area contributed by atoms with Crippen LogP contribution in [0, 0.1) is 13.8 Å². The lowest BCUT2D eigenvalue weighted by Gasteiger charge is -2.23. The zero-order chi connectivity index (χ0) is 21.1. The molecule has 4 aromatic rings. The molecule has 0 saturated carbocycles. The van der Waals surface area contributed by atoms with Gasteiger partial charge in [0.1, 0.15) is 22.8 Å². The first kappa shape index (κ1) is 19.7. The quantitative estimate of drug-likeness (QED) is 0.445. The third-order valence-electron chi connectivity index (χ3n) is 5.11. The van der Waals surface area contributed by atoms with Crippen LogP contribution in [0.1, 0.15) is 35.3 Å². The van der Waals surface area contributed by atoms with E-state index in [1.165, 1.54) is 0 Å². The second kappa shape index (κ2) is 8.41. The van der Waals surface area contributed by atoms with E-state index in [4.69, 9.17) is 4.74 Å². The molecular formula is C25H25N3O2. The van der Waals surface area contributed by atoms with E-state index in [0.29, 0.717) is 12.1 Å². The number of anilines is 1. The third-order valence-corrected chi connectivity index (χ3v) is 5.11. The van der Waals surface area contributed by atoms with Crippen LogP contribution >= 0.6 is 0 Å². The summed E-state index contributed by atoms with van der Waals surface area (Å²) < 4.78 is 5.70. The molecule has 5 heteroatoms. The van der Waals surface area contributed by atoms with Crippen molar-refractivity contribution in [2.45, 2.75) is 26.8 Å². The zero-order valence-corrected chi connectivity index (χ0v) is 17.4. The van der Waals surface area contributed by atoms with E-state index in [1.807, 2.05) is 75.4 Å². The Bertz CT molecular complexity index is 1180. The van der Waals surface area contributed by atoms with Crippen molar-refractivity contribution in [3.8, 4) is 11.5 Å². The number of hydrogen-bond donors (Lipinski definition) is 2. The number of benzene rings is 2. The fourth-order valence-corrected chi connectivity index (χ4v) is 3.63. The highest BCUT2D eigenvalue weighted by molar-refractivity contribution is 5.86. The highest BCUT2D eigenvalue weighted by Gasteiger charge is 2.21. The highest BCUT2D eigenvalue weighted by Crippen LogP contribution is 2.37. The monoisotopic (exact) mass is 399 g/mol. The molecule has 2 heterocycles. The SMILES string of the molecule is CCOc1ccc([C@@H](Nc2ccccn2)c2ccc3ccc(C)nc3c2O)cc1C. The number of fused-ring (bicyclic) bond motifs is 1. The summed E-state index contributed by atoms with van der Waals surface area (Å²) in [6, 6.07) is 19.3. The number of aromatic hydroxyl groups is 1. The smallest absolute Gasteiger partial charge is 0.147 e. The van der Waals surface area contributed by atoms with Crippen molar-refractivity contribution in [3.05, 3.63) is 89.2 Å². The molecule has 0 aliphatic rings. The minimum Gasteiger partial charge on any atom is -0.505 e.